The number of carboxylic acid groups (broad SMARTS) is 1. The SMILES string of the molecule is COC(=O)C(c1ccccc1)[C@H]1CCCCN1C(=O)OCN1C=CC=C(C(=O)N[C@@H](CO)C(=O)O)C1.Cl. The average molecular weight is 538 g/mol. The molecule has 12 heteroatoms. The summed E-state index contributed by atoms with van der Waals surface area (Å²) >= 11 is 0. The molecule has 1 aromatic carbocycles. The number of esters is 1. The first-order valence-corrected chi connectivity index (χ1v) is 11.7. The van der Waals surface area contributed by atoms with Gasteiger partial charge < -0.3 is 34.8 Å². The highest BCUT2D eigenvalue weighted by atomic mass is 35.5. The second-order valence-electron chi connectivity index (χ2n) is 8.53. The van der Waals surface area contributed by atoms with Gasteiger partial charge in [0.2, 0.25) is 5.91 Å². The molecular weight excluding hydrogens is 506 g/mol. The maximum absolute atomic E-state index is 13.1. The number of piperidine rings is 1. The summed E-state index contributed by atoms with van der Waals surface area (Å²) in [6.45, 7) is -0.381. The molecule has 0 saturated carbocycles. The van der Waals surface area contributed by atoms with Gasteiger partial charge in [-0.3, -0.25) is 9.59 Å². The summed E-state index contributed by atoms with van der Waals surface area (Å²) in [7, 11) is 1.33. The molecule has 37 heavy (non-hydrogen) atoms. The van der Waals surface area contributed by atoms with Gasteiger partial charge in [-0.25, -0.2) is 9.59 Å². The number of aliphatic hydroxyl groups is 1. The molecule has 1 unspecified atom stereocenters. The summed E-state index contributed by atoms with van der Waals surface area (Å²) in [6.07, 6.45) is 6.41. The third-order valence-corrected chi connectivity index (χ3v) is 6.18. The first-order valence-electron chi connectivity index (χ1n) is 11.7. The van der Waals surface area contributed by atoms with Gasteiger partial charge in [-0.1, -0.05) is 36.4 Å². The van der Waals surface area contributed by atoms with Crippen LogP contribution in [0.2, 0.25) is 0 Å². The predicted molar refractivity (Wildman–Crippen MR) is 135 cm³/mol. The second kappa shape index (κ2) is 14.2. The number of carbonyl (C=O) groups is 4. The number of carboxylic acids is 1. The Hall–Kier alpha value is -3.57. The van der Waals surface area contributed by atoms with E-state index in [0.717, 1.165) is 18.4 Å². The maximum atomic E-state index is 13.1. The standard InChI is InChI=1S/C25H31N3O8.ClH/c1-35-24(33)21(17-8-3-2-4-9-17)20-11-5-6-13-28(20)25(34)36-16-27-12-7-10-18(14-27)22(30)26-19(15-29)23(31)32;/h2-4,7-10,12,19-21,29H,5-6,11,13-16H2,1H3,(H,26,30)(H,31,32);1H/t19-,20+,21?;/m0./s1. The minimum atomic E-state index is -1.42. The Labute approximate surface area is 221 Å². The summed E-state index contributed by atoms with van der Waals surface area (Å²) in [5, 5.41) is 20.4. The van der Waals surface area contributed by atoms with Crippen LogP contribution in [0.1, 0.15) is 30.7 Å². The van der Waals surface area contributed by atoms with E-state index in [4.69, 9.17) is 19.7 Å². The molecule has 202 valence electrons. The first kappa shape index (κ1) is 29.7. The minimum absolute atomic E-state index is 0. The van der Waals surface area contributed by atoms with E-state index in [1.807, 2.05) is 30.3 Å². The van der Waals surface area contributed by atoms with E-state index in [0.29, 0.717) is 13.0 Å². The zero-order valence-corrected chi connectivity index (χ0v) is 21.3. The van der Waals surface area contributed by atoms with Crippen LogP contribution < -0.4 is 5.32 Å². The van der Waals surface area contributed by atoms with Crippen LogP contribution in [0.15, 0.2) is 54.3 Å². The molecule has 0 spiro atoms. The van der Waals surface area contributed by atoms with E-state index in [2.05, 4.69) is 5.32 Å². The van der Waals surface area contributed by atoms with E-state index in [9.17, 15) is 19.2 Å². The number of hydrogen-bond acceptors (Lipinski definition) is 8. The second-order valence-corrected chi connectivity index (χ2v) is 8.53. The molecule has 0 bridgehead atoms. The van der Waals surface area contributed by atoms with Gasteiger partial charge in [-0.15, -0.1) is 12.4 Å². The number of rotatable bonds is 9. The highest BCUT2D eigenvalue weighted by Gasteiger charge is 2.39. The van der Waals surface area contributed by atoms with Gasteiger partial charge in [0.05, 0.1) is 26.3 Å². The number of methoxy groups -OCH3 is 1. The fraction of sp³-hybridized carbons (Fsp3) is 0.440. The Balaban J connectivity index is 0.00000481. The van der Waals surface area contributed by atoms with Crippen LogP contribution in [0.3, 0.4) is 0 Å². The number of hydrogen-bond donors (Lipinski definition) is 3. The Morgan fingerprint density at radius 3 is 2.54 bits per heavy atom. The molecule has 0 aromatic heterocycles. The number of amides is 2. The molecule has 11 nitrogen and oxygen atoms in total. The van der Waals surface area contributed by atoms with E-state index in [1.165, 1.54) is 13.2 Å². The lowest BCUT2D eigenvalue weighted by molar-refractivity contribution is -0.144. The highest BCUT2D eigenvalue weighted by Crippen LogP contribution is 2.32. The normalized spacial score (nSPS) is 18.5. The summed E-state index contributed by atoms with van der Waals surface area (Å²) in [5.74, 6) is -3.06. The van der Waals surface area contributed by atoms with Crippen molar-refractivity contribution in [3.8, 4) is 0 Å². The van der Waals surface area contributed by atoms with Crippen LogP contribution in [0.25, 0.3) is 0 Å². The van der Waals surface area contributed by atoms with Gasteiger partial charge in [0.1, 0.15) is 5.92 Å². The van der Waals surface area contributed by atoms with Crippen molar-refractivity contribution in [1.29, 1.82) is 0 Å². The number of nitrogens with zero attached hydrogens (tertiary/aromatic N) is 2. The van der Waals surface area contributed by atoms with Crippen LogP contribution in [0, 0.1) is 0 Å². The number of likely N-dealkylation sites (tertiary alicyclic amines) is 1. The molecule has 1 saturated heterocycles. The lowest BCUT2D eigenvalue weighted by atomic mass is 9.85. The maximum Gasteiger partial charge on any atom is 0.411 e. The molecule has 2 aliphatic rings. The smallest absolute Gasteiger partial charge is 0.411 e. The number of halogens is 1. The fourth-order valence-corrected chi connectivity index (χ4v) is 4.33. The van der Waals surface area contributed by atoms with Crippen LogP contribution in [-0.2, 0) is 23.9 Å². The van der Waals surface area contributed by atoms with Crippen molar-refractivity contribution in [2.24, 2.45) is 0 Å². The Kier molecular flexibility index (Phi) is 11.4. The molecule has 0 radical (unpaired) electrons. The van der Waals surface area contributed by atoms with E-state index in [1.54, 1.807) is 22.1 Å². The van der Waals surface area contributed by atoms with Gasteiger partial charge in [0.15, 0.2) is 12.8 Å². The largest absolute Gasteiger partial charge is 0.480 e. The number of ether oxygens (including phenoxy) is 2. The van der Waals surface area contributed by atoms with Crippen molar-refractivity contribution in [3.63, 3.8) is 0 Å². The van der Waals surface area contributed by atoms with Crippen molar-refractivity contribution in [1.82, 2.24) is 15.1 Å². The van der Waals surface area contributed by atoms with E-state index in [-0.39, 0.29) is 31.3 Å². The van der Waals surface area contributed by atoms with E-state index < -0.39 is 48.5 Å². The topological polar surface area (TPSA) is 146 Å². The third kappa shape index (κ3) is 7.70. The van der Waals surface area contributed by atoms with Gasteiger partial charge in [0.25, 0.3) is 0 Å². The van der Waals surface area contributed by atoms with Crippen LogP contribution >= 0.6 is 12.4 Å². The molecule has 3 rings (SSSR count). The van der Waals surface area contributed by atoms with Crippen LogP contribution in [0.5, 0.6) is 0 Å². The molecule has 0 aliphatic carbocycles. The van der Waals surface area contributed by atoms with Crippen LogP contribution in [-0.4, -0.2) is 89.6 Å². The zero-order chi connectivity index (χ0) is 26.1. The number of carbonyl (C=O) groups excluding carboxylic acids is 3. The summed E-state index contributed by atoms with van der Waals surface area (Å²) in [5.41, 5.74) is 1.01. The first-order chi connectivity index (χ1) is 17.3. The molecule has 1 aromatic rings. The molecule has 1 fully saturated rings. The average Bonchev–Trinajstić information content (AvgIpc) is 2.91. The minimum Gasteiger partial charge on any atom is -0.480 e. The van der Waals surface area contributed by atoms with Gasteiger partial charge in [0, 0.05) is 18.3 Å². The van der Waals surface area contributed by atoms with Crippen molar-refractivity contribution in [2.45, 2.75) is 37.3 Å². The van der Waals surface area contributed by atoms with Crippen molar-refractivity contribution in [3.05, 3.63) is 59.8 Å². The van der Waals surface area contributed by atoms with E-state index >= 15 is 0 Å². The molecule has 3 atom stereocenters. The Morgan fingerprint density at radius 1 is 1.16 bits per heavy atom. The lowest BCUT2D eigenvalue weighted by Gasteiger charge is -2.39. The van der Waals surface area contributed by atoms with Crippen molar-refractivity contribution in [2.75, 3.05) is 33.5 Å². The number of allylic oxidation sites excluding steroid dienone is 2. The fourth-order valence-electron chi connectivity index (χ4n) is 4.33. The molecule has 2 amide bonds. The lowest BCUT2D eigenvalue weighted by Crippen LogP contribution is -2.49. The third-order valence-electron chi connectivity index (χ3n) is 6.18. The quantitative estimate of drug-likeness (QED) is 0.400. The Bertz CT molecular complexity index is 1020. The predicted octanol–water partition coefficient (Wildman–Crippen LogP) is 1.63. The number of aliphatic hydroxyl groups excluding tert-OH is 1. The molecule has 2 heterocycles. The van der Waals surface area contributed by atoms with Crippen LogP contribution in [0.4, 0.5) is 4.79 Å². The van der Waals surface area contributed by atoms with Gasteiger partial charge in [-0.2, -0.15) is 0 Å². The van der Waals surface area contributed by atoms with Crippen molar-refractivity contribution < 1.29 is 38.9 Å². The molecule has 3 N–H and O–H groups in total. The number of aliphatic carboxylic acids is 1. The summed E-state index contributed by atoms with van der Waals surface area (Å²) in [6, 6.07) is 7.35. The number of benzene rings is 1. The molecular formula is C25H32ClN3O8. The summed E-state index contributed by atoms with van der Waals surface area (Å²) < 4.78 is 10.6. The van der Waals surface area contributed by atoms with Gasteiger partial charge >= 0.3 is 18.0 Å². The number of nitrogens with one attached hydrogen (secondary N) is 1. The highest BCUT2D eigenvalue weighted by molar-refractivity contribution is 5.96. The molecule has 2 aliphatic heterocycles. The zero-order valence-electron chi connectivity index (χ0n) is 20.4. The monoisotopic (exact) mass is 537 g/mol. The van der Waals surface area contributed by atoms with Gasteiger partial charge in [-0.05, 0) is 30.9 Å². The Morgan fingerprint density at radius 2 is 1.89 bits per heavy atom. The summed E-state index contributed by atoms with van der Waals surface area (Å²) in [4.78, 5) is 52.4. The van der Waals surface area contributed by atoms with Crippen molar-refractivity contribution >= 4 is 36.3 Å².